The van der Waals surface area contributed by atoms with Crippen LogP contribution in [0.5, 0.6) is 0 Å². The lowest BCUT2D eigenvalue weighted by Gasteiger charge is -2.33. The molecule has 2 N–H and O–H groups in total. The van der Waals surface area contributed by atoms with Gasteiger partial charge in [-0.3, -0.25) is 9.89 Å². The third-order valence-corrected chi connectivity index (χ3v) is 5.29. The summed E-state index contributed by atoms with van der Waals surface area (Å²) in [7, 11) is 0. The number of hydrogen-bond acceptors (Lipinski definition) is 3. The van der Waals surface area contributed by atoms with Gasteiger partial charge in [0.1, 0.15) is 11.6 Å². The molecule has 0 radical (unpaired) electrons. The van der Waals surface area contributed by atoms with Crippen molar-refractivity contribution in [1.29, 1.82) is 0 Å². The van der Waals surface area contributed by atoms with Crippen molar-refractivity contribution in [3.05, 3.63) is 70.8 Å². The fourth-order valence-corrected chi connectivity index (χ4v) is 3.74. The zero-order valence-corrected chi connectivity index (χ0v) is 16.2. The van der Waals surface area contributed by atoms with Gasteiger partial charge in [-0.05, 0) is 60.9 Å². The highest BCUT2D eigenvalue weighted by Gasteiger charge is 2.24. The summed E-state index contributed by atoms with van der Waals surface area (Å²) in [6, 6.07) is 11.8. The highest BCUT2D eigenvalue weighted by atomic mass is 35.5. The van der Waals surface area contributed by atoms with Gasteiger partial charge < -0.3 is 10.2 Å². The van der Waals surface area contributed by atoms with E-state index in [2.05, 4.69) is 20.4 Å². The Morgan fingerprint density at radius 3 is 2.66 bits per heavy atom. The Hall–Kier alpha value is -2.93. The SMILES string of the molecule is O=C(N[C@H]1CCCN(c2cc(-c3ccc(F)cc3)[nH]n2)C1)c1ccc(F)cc1Cl. The number of benzene rings is 2. The lowest BCUT2D eigenvalue weighted by Crippen LogP contribution is -2.48. The fraction of sp³-hybridized carbons (Fsp3) is 0.238. The van der Waals surface area contributed by atoms with Gasteiger partial charge in [-0.25, -0.2) is 8.78 Å². The first-order chi connectivity index (χ1) is 14.0. The number of hydrogen-bond donors (Lipinski definition) is 2. The number of aromatic nitrogens is 2. The Morgan fingerprint density at radius 2 is 1.90 bits per heavy atom. The Labute approximate surface area is 171 Å². The quantitative estimate of drug-likeness (QED) is 0.662. The van der Waals surface area contributed by atoms with Crippen LogP contribution in [0.4, 0.5) is 14.6 Å². The third kappa shape index (κ3) is 4.40. The molecule has 1 aliphatic rings. The number of amides is 1. The summed E-state index contributed by atoms with van der Waals surface area (Å²) in [6.45, 7) is 1.41. The maximum absolute atomic E-state index is 13.2. The van der Waals surface area contributed by atoms with Crippen molar-refractivity contribution in [2.75, 3.05) is 18.0 Å². The molecule has 5 nitrogen and oxygen atoms in total. The van der Waals surface area contributed by atoms with Gasteiger partial charge in [-0.15, -0.1) is 0 Å². The smallest absolute Gasteiger partial charge is 0.253 e. The monoisotopic (exact) mass is 416 g/mol. The Balaban J connectivity index is 1.43. The first-order valence-corrected chi connectivity index (χ1v) is 9.69. The van der Waals surface area contributed by atoms with Crippen molar-refractivity contribution >= 4 is 23.3 Å². The number of nitrogens with zero attached hydrogens (tertiary/aromatic N) is 2. The molecule has 4 rings (SSSR count). The van der Waals surface area contributed by atoms with Gasteiger partial charge in [0.15, 0.2) is 5.82 Å². The minimum absolute atomic E-state index is 0.0802. The topological polar surface area (TPSA) is 61.0 Å². The second-order valence-electron chi connectivity index (χ2n) is 7.03. The van der Waals surface area contributed by atoms with Gasteiger partial charge in [0.2, 0.25) is 0 Å². The van der Waals surface area contributed by atoms with E-state index < -0.39 is 5.82 Å². The fourth-order valence-electron chi connectivity index (χ4n) is 3.49. The van der Waals surface area contributed by atoms with Crippen LogP contribution in [0.15, 0.2) is 48.5 Å². The second-order valence-corrected chi connectivity index (χ2v) is 7.44. The van der Waals surface area contributed by atoms with E-state index in [1.807, 2.05) is 6.07 Å². The molecule has 2 aromatic carbocycles. The van der Waals surface area contributed by atoms with E-state index in [9.17, 15) is 13.6 Å². The van der Waals surface area contributed by atoms with Crippen molar-refractivity contribution in [3.63, 3.8) is 0 Å². The van der Waals surface area contributed by atoms with Crippen LogP contribution in [0.25, 0.3) is 11.3 Å². The molecular formula is C21H19ClF2N4O. The van der Waals surface area contributed by atoms with Crippen molar-refractivity contribution in [1.82, 2.24) is 15.5 Å². The standard InChI is InChI=1S/C21H19ClF2N4O/c22-18-10-15(24)7-8-17(18)21(29)25-16-2-1-9-28(12-16)20-11-19(26-27-20)13-3-5-14(23)6-4-13/h3-8,10-11,16H,1-2,9,12H2,(H,25,29)(H,26,27)/t16-/m0/s1. The molecule has 1 saturated heterocycles. The van der Waals surface area contributed by atoms with Crippen LogP contribution < -0.4 is 10.2 Å². The maximum atomic E-state index is 13.2. The number of carbonyl (C=O) groups excluding carboxylic acids is 1. The molecule has 0 saturated carbocycles. The summed E-state index contributed by atoms with van der Waals surface area (Å²) in [6.07, 6.45) is 1.72. The second kappa shape index (κ2) is 8.21. The largest absolute Gasteiger partial charge is 0.353 e. The van der Waals surface area contributed by atoms with Crippen LogP contribution in [0, 0.1) is 11.6 Å². The number of nitrogens with one attached hydrogen (secondary N) is 2. The lowest BCUT2D eigenvalue weighted by atomic mass is 10.0. The van der Waals surface area contributed by atoms with E-state index in [0.29, 0.717) is 6.54 Å². The van der Waals surface area contributed by atoms with Gasteiger partial charge in [0.25, 0.3) is 5.91 Å². The lowest BCUT2D eigenvalue weighted by molar-refractivity contribution is 0.0933. The number of H-pyrrole nitrogens is 1. The van der Waals surface area contributed by atoms with Gasteiger partial charge in [0.05, 0.1) is 16.3 Å². The molecule has 1 atom stereocenters. The first kappa shape index (κ1) is 19.4. The summed E-state index contributed by atoms with van der Waals surface area (Å²) in [5.41, 5.74) is 1.89. The van der Waals surface area contributed by atoms with E-state index in [1.165, 1.54) is 24.3 Å². The number of piperidine rings is 1. The number of anilines is 1. The van der Waals surface area contributed by atoms with Crippen LogP contribution in [-0.4, -0.2) is 35.2 Å². The van der Waals surface area contributed by atoms with Gasteiger partial charge >= 0.3 is 0 Å². The van der Waals surface area contributed by atoms with Crippen LogP contribution in [0.3, 0.4) is 0 Å². The average molecular weight is 417 g/mol. The Morgan fingerprint density at radius 1 is 1.14 bits per heavy atom. The molecule has 1 amide bonds. The molecular weight excluding hydrogens is 398 g/mol. The molecule has 0 aliphatic carbocycles. The predicted octanol–water partition coefficient (Wildman–Crippen LogP) is 4.41. The highest BCUT2D eigenvalue weighted by molar-refractivity contribution is 6.33. The van der Waals surface area contributed by atoms with E-state index in [4.69, 9.17) is 11.6 Å². The van der Waals surface area contributed by atoms with Crippen LogP contribution in [-0.2, 0) is 0 Å². The zero-order valence-electron chi connectivity index (χ0n) is 15.5. The van der Waals surface area contributed by atoms with Crippen LogP contribution >= 0.6 is 11.6 Å². The van der Waals surface area contributed by atoms with E-state index in [-0.39, 0.29) is 28.4 Å². The number of halogens is 3. The zero-order chi connectivity index (χ0) is 20.4. The van der Waals surface area contributed by atoms with Crippen molar-refractivity contribution in [3.8, 4) is 11.3 Å². The summed E-state index contributed by atoms with van der Waals surface area (Å²) in [5, 5.41) is 10.4. The van der Waals surface area contributed by atoms with Crippen molar-refractivity contribution in [2.24, 2.45) is 0 Å². The summed E-state index contributed by atoms with van der Waals surface area (Å²) >= 11 is 5.99. The minimum atomic E-state index is -0.481. The molecule has 0 bridgehead atoms. The number of carbonyl (C=O) groups is 1. The Kier molecular flexibility index (Phi) is 5.49. The number of aromatic amines is 1. The van der Waals surface area contributed by atoms with Crippen LogP contribution in [0.2, 0.25) is 5.02 Å². The molecule has 8 heteroatoms. The van der Waals surface area contributed by atoms with Gasteiger partial charge in [0, 0.05) is 25.2 Å². The first-order valence-electron chi connectivity index (χ1n) is 9.32. The molecule has 150 valence electrons. The predicted molar refractivity (Wildman–Crippen MR) is 108 cm³/mol. The van der Waals surface area contributed by atoms with E-state index in [0.717, 1.165) is 42.5 Å². The third-order valence-electron chi connectivity index (χ3n) is 4.98. The number of rotatable bonds is 4. The summed E-state index contributed by atoms with van der Waals surface area (Å²) in [5.74, 6) is -0.325. The average Bonchev–Trinajstić information content (AvgIpc) is 3.19. The molecule has 0 spiro atoms. The van der Waals surface area contributed by atoms with Crippen molar-refractivity contribution in [2.45, 2.75) is 18.9 Å². The Bertz CT molecular complexity index is 1020. The molecule has 1 aromatic heterocycles. The molecule has 1 fully saturated rings. The molecule has 0 unspecified atom stereocenters. The molecule has 2 heterocycles. The summed E-state index contributed by atoms with van der Waals surface area (Å²) in [4.78, 5) is 14.6. The van der Waals surface area contributed by atoms with E-state index >= 15 is 0 Å². The van der Waals surface area contributed by atoms with Crippen molar-refractivity contribution < 1.29 is 13.6 Å². The normalized spacial score (nSPS) is 16.7. The molecule has 3 aromatic rings. The van der Waals surface area contributed by atoms with Gasteiger partial charge in [-0.2, -0.15) is 5.10 Å². The summed E-state index contributed by atoms with van der Waals surface area (Å²) < 4.78 is 26.3. The van der Waals surface area contributed by atoms with E-state index in [1.54, 1.807) is 12.1 Å². The van der Waals surface area contributed by atoms with Gasteiger partial charge in [-0.1, -0.05) is 11.6 Å². The molecule has 29 heavy (non-hydrogen) atoms. The minimum Gasteiger partial charge on any atom is -0.353 e. The van der Waals surface area contributed by atoms with Crippen LogP contribution in [0.1, 0.15) is 23.2 Å². The highest BCUT2D eigenvalue weighted by Crippen LogP contribution is 2.25. The maximum Gasteiger partial charge on any atom is 0.253 e. The molecule has 1 aliphatic heterocycles.